The van der Waals surface area contributed by atoms with Crippen LogP contribution in [0.1, 0.15) is 53.4 Å². The van der Waals surface area contributed by atoms with Crippen molar-refractivity contribution in [2.45, 2.75) is 82.3 Å². The zero-order chi connectivity index (χ0) is 40.2. The molecular formula is C40H48N4O10S2. The van der Waals surface area contributed by atoms with Crippen molar-refractivity contribution in [3.05, 3.63) is 82.9 Å². The number of β-lactam (4-membered cyclic amide) rings is 2. The average Bonchev–Trinajstić information content (AvgIpc) is 3.21. The Bertz CT molecular complexity index is 1750. The van der Waals surface area contributed by atoms with Gasteiger partial charge >= 0.3 is 11.9 Å². The molecule has 0 aliphatic carbocycles. The first-order valence-electron chi connectivity index (χ1n) is 18.6. The molecule has 0 aromatic heterocycles. The molecule has 6 rings (SSSR count). The van der Waals surface area contributed by atoms with Crippen molar-refractivity contribution in [1.82, 2.24) is 20.4 Å². The number of rotatable bonds is 16. The summed E-state index contributed by atoms with van der Waals surface area (Å²) in [5.74, 6) is -0.444. The predicted octanol–water partition coefficient (Wildman–Crippen LogP) is 4.16. The van der Waals surface area contributed by atoms with Gasteiger partial charge in [0.15, 0.2) is 19.3 Å². The molecule has 14 nitrogen and oxygen atoms in total. The van der Waals surface area contributed by atoms with Crippen LogP contribution in [-0.4, -0.2) is 106 Å². The third-order valence-electron chi connectivity index (χ3n) is 9.09. The smallest absolute Gasteiger partial charge is 0.355 e. The maximum atomic E-state index is 12.6. The van der Waals surface area contributed by atoms with E-state index in [0.717, 1.165) is 36.8 Å². The van der Waals surface area contributed by atoms with E-state index in [1.54, 1.807) is 24.3 Å². The molecule has 56 heavy (non-hydrogen) atoms. The van der Waals surface area contributed by atoms with E-state index in [1.807, 2.05) is 69.5 Å². The molecule has 2 fully saturated rings. The number of esters is 2. The lowest BCUT2D eigenvalue weighted by molar-refractivity contribution is -0.163. The minimum Gasteiger partial charge on any atom is -0.484 e. The first kappa shape index (κ1) is 42.2. The average molecular weight is 809 g/mol. The molecule has 16 heteroatoms. The number of carbonyl (C=O) groups is 6. The number of hydrogen-bond acceptors (Lipinski definition) is 12. The number of hydrogen-bond donors (Lipinski definition) is 2. The largest absolute Gasteiger partial charge is 0.484 e. The predicted molar refractivity (Wildman–Crippen MR) is 211 cm³/mol. The molecule has 0 spiro atoms. The molecule has 4 aliphatic rings. The normalized spacial score (nSPS) is 22.1. The Hall–Kier alpha value is -4.96. The summed E-state index contributed by atoms with van der Waals surface area (Å²) in [6.07, 6.45) is 3.41. The zero-order valence-corrected chi connectivity index (χ0v) is 33.5. The fourth-order valence-electron chi connectivity index (χ4n) is 6.10. The molecule has 4 amide bonds. The highest BCUT2D eigenvalue weighted by molar-refractivity contribution is 8.03. The van der Waals surface area contributed by atoms with E-state index in [9.17, 15) is 28.8 Å². The number of ether oxygens (including phenoxy) is 4. The van der Waals surface area contributed by atoms with Crippen LogP contribution < -0.4 is 20.1 Å². The second-order valence-electron chi connectivity index (χ2n) is 13.4. The maximum Gasteiger partial charge on any atom is 0.355 e. The van der Waals surface area contributed by atoms with Crippen LogP contribution >= 0.6 is 23.5 Å². The first-order valence-corrected chi connectivity index (χ1v) is 20.6. The third kappa shape index (κ3) is 10.3. The molecule has 0 saturated carbocycles. The van der Waals surface area contributed by atoms with Gasteiger partial charge in [0.1, 0.15) is 40.0 Å². The highest BCUT2D eigenvalue weighted by Gasteiger charge is 2.56. The molecule has 2 aromatic carbocycles. The van der Waals surface area contributed by atoms with Crippen LogP contribution in [0, 0.1) is 0 Å². The Kier molecular flexibility index (Phi) is 15.3. The Morgan fingerprint density at radius 1 is 0.750 bits per heavy atom. The van der Waals surface area contributed by atoms with Crippen molar-refractivity contribution in [2.75, 3.05) is 32.2 Å². The van der Waals surface area contributed by atoms with Gasteiger partial charge in [0.05, 0.1) is 13.2 Å². The first-order chi connectivity index (χ1) is 27.0. The van der Waals surface area contributed by atoms with Crippen molar-refractivity contribution in [2.24, 2.45) is 0 Å². The van der Waals surface area contributed by atoms with Gasteiger partial charge in [-0.2, -0.15) is 0 Å². The molecule has 4 heterocycles. The monoisotopic (exact) mass is 808 g/mol. The van der Waals surface area contributed by atoms with Gasteiger partial charge in [0.2, 0.25) is 5.91 Å². The Balaban J connectivity index is 0.000000214. The van der Waals surface area contributed by atoms with Crippen LogP contribution in [-0.2, 0) is 38.2 Å². The highest BCUT2D eigenvalue weighted by atomic mass is 32.2. The number of nitrogens with one attached hydrogen (secondary N) is 2. The number of benzene rings is 2. The Morgan fingerprint density at radius 3 is 1.84 bits per heavy atom. The van der Waals surface area contributed by atoms with Gasteiger partial charge in [-0.05, 0) is 67.5 Å². The summed E-state index contributed by atoms with van der Waals surface area (Å²) in [5.41, 5.74) is 1.90. The summed E-state index contributed by atoms with van der Waals surface area (Å²) in [4.78, 5) is 77.4. The molecule has 0 bridgehead atoms. The second-order valence-corrected chi connectivity index (χ2v) is 15.5. The summed E-state index contributed by atoms with van der Waals surface area (Å²) in [5, 5.41) is 6.66. The van der Waals surface area contributed by atoms with Crippen LogP contribution in [0.4, 0.5) is 0 Å². The number of para-hydroxylation sites is 2. The SMILES string of the molecule is CCCCOC(=O)C1=C(C)CS[C@@H]2[C@H](NC(=O)COc3ccccc3)C(=O)N12.CCCCOC(=O)C1C(C)=CS[C@@H]2[C@H](NC(=O)COc3ccccc3)C(=O)N12. The fourth-order valence-corrected chi connectivity index (χ4v) is 8.57. The quantitative estimate of drug-likeness (QED) is 0.141. The van der Waals surface area contributed by atoms with E-state index >= 15 is 0 Å². The molecule has 2 N–H and O–H groups in total. The molecule has 2 aromatic rings. The maximum absolute atomic E-state index is 12.6. The van der Waals surface area contributed by atoms with Gasteiger partial charge in [-0.1, -0.05) is 63.1 Å². The molecule has 1 unspecified atom stereocenters. The van der Waals surface area contributed by atoms with Crippen LogP contribution in [0.3, 0.4) is 0 Å². The fraction of sp³-hybridized carbons (Fsp3) is 0.450. The Labute approximate surface area is 335 Å². The molecule has 2 saturated heterocycles. The van der Waals surface area contributed by atoms with Gasteiger partial charge in [-0.3, -0.25) is 24.1 Å². The molecular weight excluding hydrogens is 761 g/mol. The van der Waals surface area contributed by atoms with Gasteiger partial charge in [-0.15, -0.1) is 23.5 Å². The summed E-state index contributed by atoms with van der Waals surface area (Å²) in [7, 11) is 0. The van der Waals surface area contributed by atoms with E-state index in [0.29, 0.717) is 36.2 Å². The number of thioether (sulfide) groups is 2. The van der Waals surface area contributed by atoms with Crippen molar-refractivity contribution in [3.8, 4) is 11.5 Å². The molecule has 300 valence electrons. The summed E-state index contributed by atoms with van der Waals surface area (Å²) >= 11 is 2.94. The minimum absolute atomic E-state index is 0.175. The third-order valence-corrected chi connectivity index (χ3v) is 11.8. The van der Waals surface area contributed by atoms with E-state index in [-0.39, 0.29) is 47.6 Å². The van der Waals surface area contributed by atoms with E-state index in [4.69, 9.17) is 18.9 Å². The molecule has 0 radical (unpaired) electrons. The lowest BCUT2D eigenvalue weighted by Crippen LogP contribution is -2.74. The zero-order valence-electron chi connectivity index (χ0n) is 31.9. The summed E-state index contributed by atoms with van der Waals surface area (Å²) in [6, 6.07) is 15.9. The highest BCUT2D eigenvalue weighted by Crippen LogP contribution is 2.41. The van der Waals surface area contributed by atoms with Crippen LogP contribution in [0.2, 0.25) is 0 Å². The van der Waals surface area contributed by atoms with Crippen LogP contribution in [0.5, 0.6) is 11.5 Å². The molecule has 5 atom stereocenters. The van der Waals surface area contributed by atoms with Gasteiger partial charge in [0.25, 0.3) is 17.7 Å². The molecule has 4 aliphatic heterocycles. The van der Waals surface area contributed by atoms with E-state index < -0.39 is 30.1 Å². The number of fused-ring (bicyclic) bond motifs is 2. The van der Waals surface area contributed by atoms with Gasteiger partial charge in [-0.25, -0.2) is 9.59 Å². The number of unbranched alkanes of at least 4 members (excludes halogenated alkanes) is 2. The second kappa shape index (κ2) is 20.3. The van der Waals surface area contributed by atoms with Crippen LogP contribution in [0.25, 0.3) is 0 Å². The Morgan fingerprint density at radius 2 is 1.29 bits per heavy atom. The van der Waals surface area contributed by atoms with Gasteiger partial charge < -0.3 is 34.5 Å². The topological polar surface area (TPSA) is 170 Å². The van der Waals surface area contributed by atoms with Gasteiger partial charge in [0, 0.05) is 5.75 Å². The van der Waals surface area contributed by atoms with E-state index in [1.165, 1.54) is 33.3 Å². The summed E-state index contributed by atoms with van der Waals surface area (Å²) in [6.45, 7) is 7.99. The number of nitrogens with zero attached hydrogens (tertiary/aromatic N) is 2. The lowest BCUT2D eigenvalue weighted by Gasteiger charge is -2.51. The lowest BCUT2D eigenvalue weighted by atomic mass is 9.99. The van der Waals surface area contributed by atoms with Crippen LogP contribution in [0.15, 0.2) is 82.9 Å². The minimum atomic E-state index is -0.718. The van der Waals surface area contributed by atoms with Crippen molar-refractivity contribution >= 4 is 59.1 Å². The number of amides is 4. The van der Waals surface area contributed by atoms with Crippen molar-refractivity contribution < 1.29 is 47.7 Å². The summed E-state index contributed by atoms with van der Waals surface area (Å²) < 4.78 is 21.4. The van der Waals surface area contributed by atoms with Crippen molar-refractivity contribution in [3.63, 3.8) is 0 Å². The van der Waals surface area contributed by atoms with E-state index in [2.05, 4.69) is 10.6 Å². The van der Waals surface area contributed by atoms with Crippen molar-refractivity contribution in [1.29, 1.82) is 0 Å². The standard InChI is InChI=1S/2C20H24N2O5S/c2*1-3-4-10-26-20(25)17-13(2)12-28-19-16(18(24)22(17)19)21-15(23)11-27-14-8-6-5-7-9-14/h5-9,16,19H,3-4,10-12H2,1-2H3,(H,21,23);5-9,12,16-17,19H,3-4,10-11H2,1-2H3,(H,21,23)/t16-,19-;16-,17?,19-/m11/s1. The number of carbonyl (C=O) groups excluding carboxylic acids is 6.